The van der Waals surface area contributed by atoms with Crippen LogP contribution in [0.3, 0.4) is 0 Å². The largest absolute Gasteiger partial charge is 0.395 e. The van der Waals surface area contributed by atoms with Crippen molar-refractivity contribution in [1.29, 1.82) is 0 Å². The summed E-state index contributed by atoms with van der Waals surface area (Å²) in [5.41, 5.74) is 0.459. The molecule has 1 aromatic rings. The predicted octanol–water partition coefficient (Wildman–Crippen LogP) is 2.06. The van der Waals surface area contributed by atoms with Gasteiger partial charge in [0.2, 0.25) is 0 Å². The maximum absolute atomic E-state index is 13.0. The zero-order chi connectivity index (χ0) is 11.8. The third-order valence-electron chi connectivity index (χ3n) is 3.06. The molecule has 1 N–H and O–H groups in total. The molecule has 0 saturated carbocycles. The van der Waals surface area contributed by atoms with Gasteiger partial charge in [0.05, 0.1) is 25.2 Å². The number of aliphatic hydroxyl groups is 1. The quantitative estimate of drug-likeness (QED) is 0.858. The van der Waals surface area contributed by atoms with Crippen LogP contribution in [-0.4, -0.2) is 24.9 Å². The van der Waals surface area contributed by atoms with E-state index < -0.39 is 5.92 Å². The van der Waals surface area contributed by atoms with Gasteiger partial charge in [-0.1, -0.05) is 24.3 Å². The molecule has 88 valence electrons. The molecule has 1 fully saturated rings. The van der Waals surface area contributed by atoms with E-state index in [9.17, 15) is 13.9 Å². The number of benzene rings is 1. The van der Waals surface area contributed by atoms with E-state index in [1.165, 1.54) is 12.1 Å². The summed E-state index contributed by atoms with van der Waals surface area (Å²) in [6.45, 7) is 1.75. The molecule has 1 aromatic carbocycles. The van der Waals surface area contributed by atoms with Gasteiger partial charge in [-0.2, -0.15) is 0 Å². The summed E-state index contributed by atoms with van der Waals surface area (Å²) in [6, 6.07) is 6.10. The van der Waals surface area contributed by atoms with Gasteiger partial charge in [-0.3, -0.25) is 0 Å². The van der Waals surface area contributed by atoms with E-state index in [0.29, 0.717) is 13.2 Å². The fourth-order valence-electron chi connectivity index (χ4n) is 1.81. The Balaban J connectivity index is 2.26. The van der Waals surface area contributed by atoms with E-state index in [1.54, 1.807) is 12.1 Å². The van der Waals surface area contributed by atoms with Crippen LogP contribution in [0.25, 0.3) is 0 Å². The summed E-state index contributed by atoms with van der Waals surface area (Å²) >= 11 is 0. The Labute approximate surface area is 92.9 Å². The molecule has 0 unspecified atom stereocenters. The first kappa shape index (κ1) is 11.5. The number of halogens is 2. The van der Waals surface area contributed by atoms with Crippen LogP contribution >= 0.6 is 0 Å². The van der Waals surface area contributed by atoms with Crippen LogP contribution in [0.15, 0.2) is 24.3 Å². The van der Waals surface area contributed by atoms with Gasteiger partial charge in [-0.15, -0.1) is 0 Å². The van der Waals surface area contributed by atoms with Crippen molar-refractivity contribution in [2.45, 2.75) is 18.3 Å². The van der Waals surface area contributed by atoms with Crippen molar-refractivity contribution < 1.29 is 18.6 Å². The van der Waals surface area contributed by atoms with Gasteiger partial charge in [0, 0.05) is 12.5 Å². The summed E-state index contributed by atoms with van der Waals surface area (Å²) in [5, 5.41) is 9.29. The zero-order valence-electron chi connectivity index (χ0n) is 9.04. The fraction of sp³-hybridized carbons (Fsp3) is 0.500. The van der Waals surface area contributed by atoms with Crippen LogP contribution < -0.4 is 0 Å². The third kappa shape index (κ3) is 1.83. The molecule has 1 aliphatic heterocycles. The molecule has 0 amide bonds. The van der Waals surface area contributed by atoms with Gasteiger partial charge in [0.25, 0.3) is 5.92 Å². The minimum Gasteiger partial charge on any atom is -0.395 e. The second-order valence-electron chi connectivity index (χ2n) is 4.40. The van der Waals surface area contributed by atoms with E-state index in [-0.39, 0.29) is 17.6 Å². The van der Waals surface area contributed by atoms with Crippen LogP contribution in [0.4, 0.5) is 8.78 Å². The Morgan fingerprint density at radius 1 is 1.31 bits per heavy atom. The maximum atomic E-state index is 13.0. The average Bonchev–Trinajstić information content (AvgIpc) is 2.16. The Hall–Kier alpha value is -1.00. The summed E-state index contributed by atoms with van der Waals surface area (Å²) in [7, 11) is 0. The lowest BCUT2D eigenvalue weighted by molar-refractivity contribution is -0.0842. The van der Waals surface area contributed by atoms with Crippen molar-refractivity contribution in [2.75, 3.05) is 19.8 Å². The van der Waals surface area contributed by atoms with Crippen LogP contribution in [-0.2, 0) is 16.1 Å². The zero-order valence-corrected chi connectivity index (χ0v) is 9.04. The van der Waals surface area contributed by atoms with Crippen LogP contribution in [0, 0.1) is 0 Å². The lowest BCUT2D eigenvalue weighted by atomic mass is 9.79. The molecule has 0 radical (unpaired) electrons. The minimum atomic E-state index is -2.82. The van der Waals surface area contributed by atoms with E-state index in [2.05, 4.69) is 0 Å². The molecule has 4 heteroatoms. The molecule has 0 atom stereocenters. The van der Waals surface area contributed by atoms with Gasteiger partial charge >= 0.3 is 0 Å². The number of hydrogen-bond donors (Lipinski definition) is 1. The van der Waals surface area contributed by atoms with E-state index >= 15 is 0 Å². The summed E-state index contributed by atoms with van der Waals surface area (Å²) in [4.78, 5) is 0. The molecule has 2 rings (SSSR count). The predicted molar refractivity (Wildman–Crippen MR) is 55.6 cm³/mol. The van der Waals surface area contributed by atoms with E-state index in [0.717, 1.165) is 12.5 Å². The summed E-state index contributed by atoms with van der Waals surface area (Å²) < 4.78 is 31.0. The Bertz CT molecular complexity index is 358. The van der Waals surface area contributed by atoms with Gasteiger partial charge in [-0.25, -0.2) is 8.78 Å². The van der Waals surface area contributed by atoms with Crippen molar-refractivity contribution in [2.24, 2.45) is 0 Å². The van der Waals surface area contributed by atoms with Crippen LogP contribution in [0.2, 0.25) is 0 Å². The van der Waals surface area contributed by atoms with Crippen LogP contribution in [0.1, 0.15) is 18.1 Å². The molecule has 16 heavy (non-hydrogen) atoms. The highest BCUT2D eigenvalue weighted by atomic mass is 19.3. The summed E-state index contributed by atoms with van der Waals surface area (Å²) in [5.74, 6) is -2.82. The molecular weight excluding hydrogens is 214 g/mol. The first-order chi connectivity index (χ1) is 7.48. The smallest absolute Gasteiger partial charge is 0.270 e. The lowest BCUT2D eigenvalue weighted by Gasteiger charge is -2.40. The van der Waals surface area contributed by atoms with Gasteiger partial charge in [0.15, 0.2) is 0 Å². The van der Waals surface area contributed by atoms with Crippen LogP contribution in [0.5, 0.6) is 0 Å². The van der Waals surface area contributed by atoms with Crippen molar-refractivity contribution in [3.8, 4) is 0 Å². The topological polar surface area (TPSA) is 29.5 Å². The molecule has 2 nitrogen and oxygen atoms in total. The first-order valence-corrected chi connectivity index (χ1v) is 5.15. The van der Waals surface area contributed by atoms with Crippen molar-refractivity contribution in [3.05, 3.63) is 35.4 Å². The molecule has 0 bridgehead atoms. The fourth-order valence-corrected chi connectivity index (χ4v) is 1.81. The highest BCUT2D eigenvalue weighted by molar-refractivity contribution is 5.32. The standard InChI is InChI=1S/C12H14F2O2/c1-11(13,14)9-2-4-10(5-3-9)12(6-15)7-16-8-12/h2-5,15H,6-8H2,1H3. The SMILES string of the molecule is CC(F)(F)c1ccc(C2(CO)COC2)cc1. The monoisotopic (exact) mass is 228 g/mol. The second kappa shape index (κ2) is 3.79. The Morgan fingerprint density at radius 3 is 2.19 bits per heavy atom. The van der Waals surface area contributed by atoms with Gasteiger partial charge < -0.3 is 9.84 Å². The van der Waals surface area contributed by atoms with Gasteiger partial charge in [-0.05, 0) is 5.56 Å². The third-order valence-corrected chi connectivity index (χ3v) is 3.06. The average molecular weight is 228 g/mol. The molecule has 1 aliphatic rings. The minimum absolute atomic E-state index is 0.00965. The van der Waals surface area contributed by atoms with Crippen molar-refractivity contribution >= 4 is 0 Å². The highest BCUT2D eigenvalue weighted by Crippen LogP contribution is 2.34. The molecule has 0 aliphatic carbocycles. The Kier molecular flexibility index (Phi) is 2.72. The number of ether oxygens (including phenoxy) is 1. The van der Waals surface area contributed by atoms with E-state index in [4.69, 9.17) is 4.74 Å². The number of aliphatic hydroxyl groups excluding tert-OH is 1. The van der Waals surface area contributed by atoms with Gasteiger partial charge in [0.1, 0.15) is 0 Å². The molecular formula is C12H14F2O2. The second-order valence-corrected chi connectivity index (χ2v) is 4.40. The van der Waals surface area contributed by atoms with Crippen molar-refractivity contribution in [1.82, 2.24) is 0 Å². The first-order valence-electron chi connectivity index (χ1n) is 5.15. The summed E-state index contributed by atoms with van der Waals surface area (Å²) in [6.07, 6.45) is 0. The molecule has 0 spiro atoms. The lowest BCUT2D eigenvalue weighted by Crippen LogP contribution is -2.49. The number of hydrogen-bond acceptors (Lipinski definition) is 2. The van der Waals surface area contributed by atoms with E-state index in [1.807, 2.05) is 0 Å². The number of rotatable bonds is 3. The van der Waals surface area contributed by atoms with Crippen molar-refractivity contribution in [3.63, 3.8) is 0 Å². The molecule has 1 saturated heterocycles. The normalized spacial score (nSPS) is 19.2. The molecule has 1 heterocycles. The molecule has 0 aromatic heterocycles. The Morgan fingerprint density at radius 2 is 1.88 bits per heavy atom. The highest BCUT2D eigenvalue weighted by Gasteiger charge is 2.40. The maximum Gasteiger partial charge on any atom is 0.270 e. The number of alkyl halides is 2.